The standard InChI is InChI=1S/C6H12Cl2O2/c1-2-6(8)10-4-5(7)3-9/h5-6,9H,2-4H2,1H3. The second-order valence-electron chi connectivity index (χ2n) is 1.93. The predicted octanol–water partition coefficient (Wildman–Crippen LogP) is 1.58. The molecule has 0 aliphatic carbocycles. The Bertz CT molecular complexity index is 70.1. The number of halogens is 2. The van der Waals surface area contributed by atoms with Crippen molar-refractivity contribution in [3.05, 3.63) is 0 Å². The molecule has 2 unspecified atom stereocenters. The highest BCUT2D eigenvalue weighted by Crippen LogP contribution is 2.05. The molecule has 0 rings (SSSR count). The molecule has 10 heavy (non-hydrogen) atoms. The maximum absolute atomic E-state index is 8.47. The van der Waals surface area contributed by atoms with E-state index >= 15 is 0 Å². The average molecular weight is 187 g/mol. The second-order valence-corrected chi connectivity index (χ2v) is 3.04. The van der Waals surface area contributed by atoms with Crippen molar-refractivity contribution in [3.63, 3.8) is 0 Å². The summed E-state index contributed by atoms with van der Waals surface area (Å²) in [4.78, 5) is 0. The minimum atomic E-state index is -0.340. The molecular weight excluding hydrogens is 175 g/mol. The highest BCUT2D eigenvalue weighted by molar-refractivity contribution is 6.21. The fourth-order valence-electron chi connectivity index (χ4n) is 0.379. The van der Waals surface area contributed by atoms with Crippen LogP contribution in [-0.4, -0.2) is 29.3 Å². The molecule has 4 heteroatoms. The fourth-order valence-corrected chi connectivity index (χ4v) is 0.525. The molecule has 2 atom stereocenters. The molecule has 2 nitrogen and oxygen atoms in total. The van der Waals surface area contributed by atoms with E-state index in [9.17, 15) is 0 Å². The van der Waals surface area contributed by atoms with Crippen molar-refractivity contribution in [1.82, 2.24) is 0 Å². The molecule has 0 fully saturated rings. The van der Waals surface area contributed by atoms with Gasteiger partial charge in [-0.3, -0.25) is 0 Å². The third kappa shape index (κ3) is 5.30. The van der Waals surface area contributed by atoms with Gasteiger partial charge in [0.05, 0.1) is 18.6 Å². The zero-order chi connectivity index (χ0) is 7.98. The molecular formula is C6H12Cl2O2. The molecule has 0 radical (unpaired) electrons. The van der Waals surface area contributed by atoms with Crippen molar-refractivity contribution in [3.8, 4) is 0 Å². The van der Waals surface area contributed by atoms with Crippen molar-refractivity contribution in [2.24, 2.45) is 0 Å². The van der Waals surface area contributed by atoms with E-state index in [1.165, 1.54) is 0 Å². The SMILES string of the molecule is CCC(Cl)OCC(Cl)CO. The van der Waals surface area contributed by atoms with Crippen molar-refractivity contribution >= 4 is 23.2 Å². The number of hydrogen-bond acceptors (Lipinski definition) is 2. The zero-order valence-corrected chi connectivity index (χ0v) is 7.40. The van der Waals surface area contributed by atoms with Crippen LogP contribution in [-0.2, 0) is 4.74 Å². The minimum absolute atomic E-state index is 0.0745. The molecule has 1 N–H and O–H groups in total. The van der Waals surface area contributed by atoms with Gasteiger partial charge in [0.2, 0.25) is 0 Å². The first-order chi connectivity index (χ1) is 4.70. The van der Waals surface area contributed by atoms with Gasteiger partial charge in [0.1, 0.15) is 5.56 Å². The Hall–Kier alpha value is 0.500. The first-order valence-corrected chi connectivity index (χ1v) is 4.08. The minimum Gasteiger partial charge on any atom is -0.395 e. The van der Waals surface area contributed by atoms with E-state index in [0.717, 1.165) is 6.42 Å². The first kappa shape index (κ1) is 10.5. The number of aliphatic hydroxyl groups is 1. The molecule has 0 aliphatic rings. The third-order valence-electron chi connectivity index (χ3n) is 0.977. The summed E-state index contributed by atoms with van der Waals surface area (Å²) in [5.74, 6) is 0. The van der Waals surface area contributed by atoms with E-state index in [1.54, 1.807) is 0 Å². The molecule has 0 aromatic rings. The van der Waals surface area contributed by atoms with Crippen LogP contribution >= 0.6 is 23.2 Å². The predicted molar refractivity (Wildman–Crippen MR) is 42.6 cm³/mol. The van der Waals surface area contributed by atoms with Gasteiger partial charge in [0.15, 0.2) is 0 Å². The van der Waals surface area contributed by atoms with Crippen LogP contribution in [0.5, 0.6) is 0 Å². The van der Waals surface area contributed by atoms with Gasteiger partial charge in [-0.05, 0) is 6.42 Å². The molecule has 0 saturated carbocycles. The summed E-state index contributed by atoms with van der Waals surface area (Å²) in [6.45, 7) is 2.15. The fraction of sp³-hybridized carbons (Fsp3) is 1.00. The maximum Gasteiger partial charge on any atom is 0.131 e. The lowest BCUT2D eigenvalue weighted by Crippen LogP contribution is -2.16. The van der Waals surface area contributed by atoms with Crippen LogP contribution in [0.15, 0.2) is 0 Å². The van der Waals surface area contributed by atoms with Gasteiger partial charge >= 0.3 is 0 Å². The molecule has 0 amide bonds. The van der Waals surface area contributed by atoms with E-state index in [4.69, 9.17) is 33.0 Å². The largest absolute Gasteiger partial charge is 0.395 e. The number of ether oxygens (including phenoxy) is 1. The summed E-state index contributed by atoms with van der Waals surface area (Å²) in [5, 5.41) is 8.13. The van der Waals surface area contributed by atoms with Crippen LogP contribution in [0.25, 0.3) is 0 Å². The van der Waals surface area contributed by atoms with Crippen molar-refractivity contribution in [1.29, 1.82) is 0 Å². The topological polar surface area (TPSA) is 29.5 Å². The van der Waals surface area contributed by atoms with Gasteiger partial charge in [0.25, 0.3) is 0 Å². The summed E-state index contributed by atoms with van der Waals surface area (Å²) in [6.07, 6.45) is 0.747. The van der Waals surface area contributed by atoms with E-state index in [0.29, 0.717) is 6.61 Å². The van der Waals surface area contributed by atoms with Crippen LogP contribution in [0.3, 0.4) is 0 Å². The Morgan fingerprint density at radius 1 is 1.50 bits per heavy atom. The van der Waals surface area contributed by atoms with Gasteiger partial charge in [-0.2, -0.15) is 0 Å². The lowest BCUT2D eigenvalue weighted by atomic mass is 10.5. The van der Waals surface area contributed by atoms with Crippen molar-refractivity contribution < 1.29 is 9.84 Å². The Morgan fingerprint density at radius 3 is 2.50 bits per heavy atom. The number of alkyl halides is 2. The molecule has 62 valence electrons. The summed E-state index contributed by atoms with van der Waals surface area (Å²) in [5.41, 5.74) is -0.284. The van der Waals surface area contributed by atoms with Gasteiger partial charge in [0, 0.05) is 0 Å². The monoisotopic (exact) mass is 186 g/mol. The van der Waals surface area contributed by atoms with E-state index in [2.05, 4.69) is 0 Å². The quantitative estimate of drug-likeness (QED) is 0.662. The van der Waals surface area contributed by atoms with Crippen LogP contribution in [0.2, 0.25) is 0 Å². The summed E-state index contributed by atoms with van der Waals surface area (Å²) in [7, 11) is 0. The molecule has 0 aromatic heterocycles. The normalized spacial score (nSPS) is 16.8. The highest BCUT2D eigenvalue weighted by atomic mass is 35.5. The lowest BCUT2D eigenvalue weighted by molar-refractivity contribution is 0.0933. The van der Waals surface area contributed by atoms with Crippen LogP contribution < -0.4 is 0 Å². The Labute approximate surface area is 71.1 Å². The number of hydrogen-bond donors (Lipinski definition) is 1. The number of aliphatic hydroxyl groups excluding tert-OH is 1. The molecule has 0 heterocycles. The highest BCUT2D eigenvalue weighted by Gasteiger charge is 2.05. The van der Waals surface area contributed by atoms with Gasteiger partial charge < -0.3 is 9.84 Å². The van der Waals surface area contributed by atoms with E-state index < -0.39 is 0 Å². The summed E-state index contributed by atoms with van der Waals surface area (Å²) in [6, 6.07) is 0. The molecule has 0 aliphatic heterocycles. The Balaban J connectivity index is 3.17. The molecule has 0 bridgehead atoms. The Morgan fingerprint density at radius 2 is 2.10 bits per heavy atom. The van der Waals surface area contributed by atoms with Crippen molar-refractivity contribution in [2.75, 3.05) is 13.2 Å². The smallest absolute Gasteiger partial charge is 0.131 e. The summed E-state index contributed by atoms with van der Waals surface area (Å²) >= 11 is 11.1. The molecule has 0 aromatic carbocycles. The summed E-state index contributed by atoms with van der Waals surface area (Å²) < 4.78 is 5.02. The van der Waals surface area contributed by atoms with Crippen molar-refractivity contribution in [2.45, 2.75) is 24.3 Å². The molecule has 0 spiro atoms. The van der Waals surface area contributed by atoms with E-state index in [-0.39, 0.29) is 17.5 Å². The second kappa shape index (κ2) is 6.23. The third-order valence-corrected chi connectivity index (χ3v) is 1.68. The first-order valence-electron chi connectivity index (χ1n) is 3.21. The zero-order valence-electron chi connectivity index (χ0n) is 5.89. The lowest BCUT2D eigenvalue weighted by Gasteiger charge is -2.10. The number of rotatable bonds is 5. The van der Waals surface area contributed by atoms with Crippen LogP contribution in [0.1, 0.15) is 13.3 Å². The Kier molecular flexibility index (Phi) is 6.54. The van der Waals surface area contributed by atoms with E-state index in [1.807, 2.05) is 6.92 Å². The van der Waals surface area contributed by atoms with Gasteiger partial charge in [-0.25, -0.2) is 0 Å². The van der Waals surface area contributed by atoms with Crippen LogP contribution in [0, 0.1) is 0 Å². The van der Waals surface area contributed by atoms with Gasteiger partial charge in [-0.15, -0.1) is 11.6 Å². The van der Waals surface area contributed by atoms with Gasteiger partial charge in [-0.1, -0.05) is 18.5 Å². The molecule has 0 saturated heterocycles. The average Bonchev–Trinajstić information content (AvgIpc) is 1.99. The maximum atomic E-state index is 8.47. The van der Waals surface area contributed by atoms with Crippen LogP contribution in [0.4, 0.5) is 0 Å².